The minimum Gasteiger partial charge on any atom is -0.338 e. The second kappa shape index (κ2) is 8.82. The highest BCUT2D eigenvalue weighted by atomic mass is 35.6. The molecule has 0 spiro atoms. The lowest BCUT2D eigenvalue weighted by Crippen LogP contribution is -2.44. The Morgan fingerprint density at radius 1 is 1.18 bits per heavy atom. The summed E-state index contributed by atoms with van der Waals surface area (Å²) in [5.74, 6) is 0.475. The van der Waals surface area contributed by atoms with E-state index in [4.69, 9.17) is 34.8 Å². The minimum atomic E-state index is -1.82. The highest BCUT2D eigenvalue weighted by Gasteiger charge is 2.29. The molecule has 13 heteroatoms. The average Bonchev–Trinajstić information content (AvgIpc) is 2.68. The van der Waals surface area contributed by atoms with Gasteiger partial charge >= 0.3 is 0 Å². The number of anilines is 2. The molecule has 1 saturated heterocycles. The normalized spacial score (nSPS) is 15.0. The Labute approximate surface area is 175 Å². The van der Waals surface area contributed by atoms with Crippen molar-refractivity contribution in [1.82, 2.24) is 20.3 Å². The topological polar surface area (TPSA) is 121 Å². The number of aromatic nitrogens is 3. The minimum absolute atomic E-state index is 0.00411. The van der Waals surface area contributed by atoms with Crippen LogP contribution in [0, 0.1) is 10.1 Å². The van der Waals surface area contributed by atoms with Crippen LogP contribution >= 0.6 is 34.8 Å². The van der Waals surface area contributed by atoms with Crippen molar-refractivity contribution < 1.29 is 4.92 Å². The number of alkyl halides is 3. The molecule has 0 saturated carbocycles. The average molecular weight is 446 g/mol. The fourth-order valence-electron chi connectivity index (χ4n) is 2.39. The van der Waals surface area contributed by atoms with Crippen LogP contribution in [-0.2, 0) is 3.79 Å². The molecule has 148 valence electrons. The quantitative estimate of drug-likeness (QED) is 0.311. The predicted molar refractivity (Wildman–Crippen MR) is 108 cm³/mol. The number of rotatable bonds is 5. The molecule has 1 aromatic carbocycles. The molecule has 0 atom stereocenters. The lowest BCUT2D eigenvalue weighted by Gasteiger charge is -2.28. The number of piperazine rings is 1. The van der Waals surface area contributed by atoms with Gasteiger partial charge in [0.25, 0.3) is 5.69 Å². The van der Waals surface area contributed by atoms with Gasteiger partial charge in [-0.15, -0.1) is 0 Å². The number of non-ortho nitro benzene ring substituents is 1. The Hall–Kier alpha value is -2.27. The van der Waals surface area contributed by atoms with Crippen LogP contribution in [0.3, 0.4) is 0 Å². The van der Waals surface area contributed by atoms with Crippen LogP contribution in [0.2, 0.25) is 0 Å². The summed E-state index contributed by atoms with van der Waals surface area (Å²) >= 11 is 17.8. The van der Waals surface area contributed by atoms with Crippen LogP contribution in [0.4, 0.5) is 17.6 Å². The maximum absolute atomic E-state index is 10.7. The van der Waals surface area contributed by atoms with Crippen molar-refractivity contribution in [2.24, 2.45) is 5.10 Å². The Morgan fingerprint density at radius 2 is 1.86 bits per heavy atom. The van der Waals surface area contributed by atoms with Crippen LogP contribution in [0.15, 0.2) is 29.4 Å². The summed E-state index contributed by atoms with van der Waals surface area (Å²) in [5, 5.41) is 18.0. The smallest absolute Gasteiger partial charge is 0.269 e. The van der Waals surface area contributed by atoms with Crippen LogP contribution in [0.5, 0.6) is 0 Å². The van der Waals surface area contributed by atoms with Crippen molar-refractivity contribution in [3.63, 3.8) is 0 Å². The van der Waals surface area contributed by atoms with E-state index in [1.165, 1.54) is 18.3 Å². The summed E-state index contributed by atoms with van der Waals surface area (Å²) in [5.41, 5.74) is 3.32. The van der Waals surface area contributed by atoms with Crippen molar-refractivity contribution in [2.45, 2.75) is 3.79 Å². The van der Waals surface area contributed by atoms with Crippen LogP contribution in [0.1, 0.15) is 11.4 Å². The van der Waals surface area contributed by atoms with Crippen LogP contribution in [0.25, 0.3) is 0 Å². The molecular weight excluding hydrogens is 431 g/mol. The molecular formula is C15H15Cl3N8O2. The summed E-state index contributed by atoms with van der Waals surface area (Å²) in [6.07, 6.45) is 1.47. The third kappa shape index (κ3) is 5.38. The first-order chi connectivity index (χ1) is 13.3. The number of nitro benzene ring substituents is 1. The van der Waals surface area contributed by atoms with Crippen LogP contribution in [-0.4, -0.2) is 52.3 Å². The number of halogens is 3. The number of benzene rings is 1. The van der Waals surface area contributed by atoms with E-state index >= 15 is 0 Å². The molecule has 2 heterocycles. The van der Waals surface area contributed by atoms with Crippen molar-refractivity contribution in [1.29, 1.82) is 0 Å². The number of hydrogen-bond donors (Lipinski definition) is 2. The third-order valence-corrected chi connectivity index (χ3v) is 4.27. The van der Waals surface area contributed by atoms with Gasteiger partial charge in [-0.1, -0.05) is 34.8 Å². The monoisotopic (exact) mass is 444 g/mol. The molecule has 1 aliphatic heterocycles. The fraction of sp³-hybridized carbons (Fsp3) is 0.333. The maximum Gasteiger partial charge on any atom is 0.269 e. The van der Waals surface area contributed by atoms with Crippen molar-refractivity contribution in [2.75, 3.05) is 36.5 Å². The van der Waals surface area contributed by atoms with E-state index in [0.717, 1.165) is 13.1 Å². The van der Waals surface area contributed by atoms with Gasteiger partial charge in [-0.2, -0.15) is 20.1 Å². The molecule has 0 radical (unpaired) electrons. The van der Waals surface area contributed by atoms with Gasteiger partial charge in [-0.25, -0.2) is 5.43 Å². The number of hydrazone groups is 1. The van der Waals surface area contributed by atoms with E-state index in [0.29, 0.717) is 24.6 Å². The zero-order valence-corrected chi connectivity index (χ0v) is 16.6. The van der Waals surface area contributed by atoms with Gasteiger partial charge in [0.05, 0.1) is 11.1 Å². The number of nitro groups is 1. The van der Waals surface area contributed by atoms with E-state index in [1.54, 1.807) is 12.1 Å². The predicted octanol–water partition coefficient (Wildman–Crippen LogP) is 2.46. The third-order valence-electron chi connectivity index (χ3n) is 3.76. The molecule has 1 aliphatic rings. The molecule has 10 nitrogen and oxygen atoms in total. The molecule has 0 bridgehead atoms. The second-order valence-corrected chi connectivity index (χ2v) is 8.02. The summed E-state index contributed by atoms with van der Waals surface area (Å²) in [6.45, 7) is 2.98. The number of hydrogen-bond acceptors (Lipinski definition) is 9. The van der Waals surface area contributed by atoms with Crippen molar-refractivity contribution in [3.05, 3.63) is 45.8 Å². The lowest BCUT2D eigenvalue weighted by molar-refractivity contribution is -0.384. The summed E-state index contributed by atoms with van der Waals surface area (Å²) in [4.78, 5) is 24.8. The molecule has 0 unspecified atom stereocenters. The largest absolute Gasteiger partial charge is 0.338 e. The van der Waals surface area contributed by atoms with Crippen LogP contribution < -0.4 is 15.6 Å². The summed E-state index contributed by atoms with van der Waals surface area (Å²) in [7, 11) is 0. The molecule has 1 fully saturated rings. The number of nitrogens with one attached hydrogen (secondary N) is 2. The lowest BCUT2D eigenvalue weighted by atomic mass is 10.2. The zero-order chi connectivity index (χ0) is 20.1. The van der Waals surface area contributed by atoms with E-state index in [2.05, 4.69) is 30.8 Å². The molecule has 2 aromatic rings. The van der Waals surface area contributed by atoms with E-state index < -0.39 is 8.72 Å². The highest BCUT2D eigenvalue weighted by molar-refractivity contribution is 6.66. The molecule has 0 aliphatic carbocycles. The fourth-order valence-corrected chi connectivity index (χ4v) is 2.65. The van der Waals surface area contributed by atoms with E-state index in [-0.39, 0.29) is 17.5 Å². The van der Waals surface area contributed by atoms with Gasteiger partial charge in [0.1, 0.15) is 0 Å². The van der Waals surface area contributed by atoms with Crippen molar-refractivity contribution >= 4 is 58.6 Å². The van der Waals surface area contributed by atoms with Gasteiger partial charge in [-0.3, -0.25) is 10.1 Å². The van der Waals surface area contributed by atoms with E-state index in [9.17, 15) is 10.1 Å². The Morgan fingerprint density at radius 3 is 2.46 bits per heavy atom. The molecule has 3 rings (SSSR count). The standard InChI is InChI=1S/C15H15Cl3N8O2/c16-15(17,18)12-21-13(23-14(22-12)25-7-5-19-6-8-25)24-20-9-10-1-3-11(4-2-10)26(27)28/h1-4,9,19H,5-8H2,(H,21,22,23,24)/b20-9+. The molecule has 0 amide bonds. The van der Waals surface area contributed by atoms with Gasteiger partial charge in [0.15, 0.2) is 5.82 Å². The Balaban J connectivity index is 1.78. The van der Waals surface area contributed by atoms with Gasteiger partial charge < -0.3 is 10.2 Å². The molecule has 1 aromatic heterocycles. The summed E-state index contributed by atoms with van der Waals surface area (Å²) < 4.78 is -1.82. The Kier molecular flexibility index (Phi) is 6.45. The van der Waals surface area contributed by atoms with Crippen molar-refractivity contribution in [3.8, 4) is 0 Å². The SMILES string of the molecule is O=[N+]([O-])c1ccc(/C=N/Nc2nc(N3CCNCC3)nc(C(Cl)(Cl)Cl)n2)cc1. The molecule has 28 heavy (non-hydrogen) atoms. The highest BCUT2D eigenvalue weighted by Crippen LogP contribution is 2.36. The second-order valence-electron chi connectivity index (χ2n) is 5.74. The summed E-state index contributed by atoms with van der Waals surface area (Å²) in [6, 6.07) is 5.90. The zero-order valence-electron chi connectivity index (χ0n) is 14.3. The first kappa shape index (κ1) is 20.5. The number of nitrogens with zero attached hydrogens (tertiary/aromatic N) is 6. The first-order valence-electron chi connectivity index (χ1n) is 8.15. The molecule has 2 N–H and O–H groups in total. The van der Waals surface area contributed by atoms with E-state index in [1.807, 2.05) is 4.90 Å². The van der Waals surface area contributed by atoms with Gasteiger partial charge in [-0.05, 0) is 17.7 Å². The Bertz CT molecular complexity index is 867. The maximum atomic E-state index is 10.7. The first-order valence-corrected chi connectivity index (χ1v) is 9.29. The van der Waals surface area contributed by atoms with Gasteiger partial charge in [0, 0.05) is 38.3 Å². The van der Waals surface area contributed by atoms with Gasteiger partial charge in [0.2, 0.25) is 15.7 Å².